The van der Waals surface area contributed by atoms with Crippen molar-refractivity contribution in [3.8, 4) is 28.0 Å². The number of nitrogens with zero attached hydrogens (tertiary/aromatic N) is 6. The van der Waals surface area contributed by atoms with Gasteiger partial charge in [0.25, 0.3) is 0 Å². The van der Waals surface area contributed by atoms with Crippen LogP contribution in [0.25, 0.3) is 32.0 Å². The molecule has 1 atom stereocenters. The lowest BCUT2D eigenvalue weighted by atomic mass is 9.89. The quantitative estimate of drug-likeness (QED) is 0.171. The van der Waals surface area contributed by atoms with Crippen LogP contribution in [-0.2, 0) is 17.7 Å². The molecule has 45 heavy (non-hydrogen) atoms. The third-order valence-electron chi connectivity index (χ3n) is 8.77. The van der Waals surface area contributed by atoms with Gasteiger partial charge in [-0.1, -0.05) is 19.9 Å². The summed E-state index contributed by atoms with van der Waals surface area (Å²) in [6.07, 6.45) is 7.68. The number of nitriles is 1. The molecule has 230 valence electrons. The largest absolute Gasteiger partial charge is 0.421 e. The van der Waals surface area contributed by atoms with E-state index in [-0.39, 0.29) is 0 Å². The SMILES string of the molecule is Cc1nnc(-c2c(CCC3CCOCC3)nc3c(c2-c2cc4ccnc(NCc5ccc(C#N)nc5)c4s2)SCC3C(C)C)o1. The molecule has 2 aliphatic rings. The van der Waals surface area contributed by atoms with Crippen LogP contribution < -0.4 is 5.32 Å². The predicted octanol–water partition coefficient (Wildman–Crippen LogP) is 7.80. The molecule has 7 rings (SSSR count). The van der Waals surface area contributed by atoms with E-state index in [1.165, 1.54) is 10.6 Å². The highest BCUT2D eigenvalue weighted by atomic mass is 32.2. The number of hydrogen-bond acceptors (Lipinski definition) is 11. The molecule has 0 amide bonds. The highest BCUT2D eigenvalue weighted by molar-refractivity contribution is 7.99. The lowest BCUT2D eigenvalue weighted by Crippen LogP contribution is -2.17. The minimum atomic E-state index is 0.387. The average molecular weight is 638 g/mol. The Morgan fingerprint density at radius 3 is 2.71 bits per heavy atom. The van der Waals surface area contributed by atoms with Crippen LogP contribution in [0.4, 0.5) is 5.82 Å². The fourth-order valence-corrected chi connectivity index (χ4v) is 9.04. The van der Waals surface area contributed by atoms with E-state index in [0.29, 0.717) is 41.8 Å². The molecule has 1 saturated heterocycles. The molecule has 0 aliphatic carbocycles. The second kappa shape index (κ2) is 12.9. The van der Waals surface area contributed by atoms with Gasteiger partial charge in [0.1, 0.15) is 17.6 Å². The Bertz CT molecular complexity index is 1870. The molecule has 0 spiro atoms. The number of nitrogens with one attached hydrogen (secondary N) is 1. The summed E-state index contributed by atoms with van der Waals surface area (Å²) >= 11 is 3.63. The van der Waals surface area contributed by atoms with Crippen LogP contribution in [-0.4, -0.2) is 44.1 Å². The van der Waals surface area contributed by atoms with Crippen molar-refractivity contribution in [1.82, 2.24) is 25.1 Å². The average Bonchev–Trinajstić information content (AvgIpc) is 3.81. The molecule has 5 aromatic heterocycles. The Balaban J connectivity index is 1.33. The summed E-state index contributed by atoms with van der Waals surface area (Å²) in [7, 11) is 0. The number of aromatic nitrogens is 5. The molecule has 9 nitrogen and oxygen atoms in total. The summed E-state index contributed by atoms with van der Waals surface area (Å²) in [4.78, 5) is 16.7. The molecule has 7 heterocycles. The zero-order valence-electron chi connectivity index (χ0n) is 25.7. The third kappa shape index (κ3) is 6.07. The molecule has 0 bridgehead atoms. The first kappa shape index (κ1) is 29.8. The fraction of sp³-hybridized carbons (Fsp3) is 0.412. The number of hydrogen-bond donors (Lipinski definition) is 1. The molecular formula is C34H35N7O2S2. The van der Waals surface area contributed by atoms with Crippen molar-refractivity contribution in [3.05, 3.63) is 65.2 Å². The van der Waals surface area contributed by atoms with Gasteiger partial charge < -0.3 is 14.5 Å². The molecule has 0 aromatic carbocycles. The fourth-order valence-electron chi connectivity index (χ4n) is 6.21. The summed E-state index contributed by atoms with van der Waals surface area (Å²) in [5.41, 5.74) is 5.77. The van der Waals surface area contributed by atoms with E-state index in [9.17, 15) is 0 Å². The van der Waals surface area contributed by atoms with E-state index >= 15 is 0 Å². The second-order valence-electron chi connectivity index (χ2n) is 12.1. The van der Waals surface area contributed by atoms with Gasteiger partial charge in [-0.2, -0.15) is 5.26 Å². The molecule has 0 saturated carbocycles. The summed E-state index contributed by atoms with van der Waals surface area (Å²) in [5.74, 6) is 4.41. The van der Waals surface area contributed by atoms with Crippen LogP contribution in [0.2, 0.25) is 0 Å². The lowest BCUT2D eigenvalue weighted by molar-refractivity contribution is 0.0639. The maximum atomic E-state index is 9.09. The van der Waals surface area contributed by atoms with Crippen molar-refractivity contribution in [2.75, 3.05) is 24.3 Å². The van der Waals surface area contributed by atoms with Gasteiger partial charge in [-0.25, -0.2) is 9.97 Å². The second-order valence-corrected chi connectivity index (χ2v) is 14.2. The zero-order valence-corrected chi connectivity index (χ0v) is 27.3. The van der Waals surface area contributed by atoms with E-state index in [4.69, 9.17) is 24.4 Å². The van der Waals surface area contributed by atoms with Crippen LogP contribution in [0, 0.1) is 30.1 Å². The Morgan fingerprint density at radius 1 is 1.11 bits per heavy atom. The number of rotatable bonds is 9. The minimum absolute atomic E-state index is 0.387. The Morgan fingerprint density at radius 2 is 1.98 bits per heavy atom. The van der Waals surface area contributed by atoms with E-state index in [0.717, 1.165) is 87.8 Å². The number of anilines is 1. The molecule has 1 fully saturated rings. The van der Waals surface area contributed by atoms with E-state index in [2.05, 4.69) is 52.5 Å². The first-order valence-corrected chi connectivity index (χ1v) is 17.3. The van der Waals surface area contributed by atoms with Gasteiger partial charge in [0.2, 0.25) is 11.8 Å². The number of thioether (sulfide) groups is 1. The summed E-state index contributed by atoms with van der Waals surface area (Å²) < 4.78 is 12.9. The van der Waals surface area contributed by atoms with Crippen LogP contribution in [0.5, 0.6) is 0 Å². The van der Waals surface area contributed by atoms with Crippen molar-refractivity contribution < 1.29 is 9.15 Å². The monoisotopic (exact) mass is 637 g/mol. The highest BCUT2D eigenvalue weighted by Gasteiger charge is 2.35. The highest BCUT2D eigenvalue weighted by Crippen LogP contribution is 2.53. The molecule has 5 aromatic rings. The molecular weight excluding hydrogens is 603 g/mol. The van der Waals surface area contributed by atoms with Crippen molar-refractivity contribution in [3.63, 3.8) is 0 Å². The third-order valence-corrected chi connectivity index (χ3v) is 11.2. The zero-order chi connectivity index (χ0) is 30.9. The van der Waals surface area contributed by atoms with Crippen LogP contribution in [0.1, 0.15) is 67.6 Å². The number of thiophene rings is 1. The van der Waals surface area contributed by atoms with Crippen molar-refractivity contribution >= 4 is 39.0 Å². The normalized spacial score (nSPS) is 16.7. The molecule has 1 unspecified atom stereocenters. The standard InChI is InChI=1S/C34H35N7O2S2/c1-19(2)25-18-44-32-29(27-14-23-8-11-36-33(31(23)45-27)38-17-22-4-6-24(15-35)37-16-22)28(34-41-40-20(3)43-34)26(39-30(25)32)7-5-21-9-12-42-13-10-21/h4,6,8,11,14,16,19,21,25H,5,7,9-10,12-13,17-18H2,1-3H3,(H,36,38). The van der Waals surface area contributed by atoms with Crippen LogP contribution >= 0.6 is 23.1 Å². The summed E-state index contributed by atoms with van der Waals surface area (Å²) in [5, 5.41) is 22.5. The van der Waals surface area contributed by atoms with Gasteiger partial charge in [-0.05, 0) is 66.7 Å². The van der Waals surface area contributed by atoms with E-state index in [1.807, 2.05) is 30.9 Å². The number of aryl methyl sites for hydroxylation is 2. The topological polar surface area (TPSA) is 123 Å². The van der Waals surface area contributed by atoms with Crippen molar-refractivity contribution in [2.24, 2.45) is 11.8 Å². The molecule has 1 N–H and O–H groups in total. The predicted molar refractivity (Wildman–Crippen MR) is 177 cm³/mol. The smallest absolute Gasteiger partial charge is 0.250 e. The summed E-state index contributed by atoms with van der Waals surface area (Å²) in [6.45, 7) is 8.66. The van der Waals surface area contributed by atoms with Crippen LogP contribution in [0.15, 0.2) is 46.0 Å². The summed E-state index contributed by atoms with van der Waals surface area (Å²) in [6, 6.07) is 10.1. The van der Waals surface area contributed by atoms with Gasteiger partial charge in [0.15, 0.2) is 0 Å². The lowest BCUT2D eigenvalue weighted by Gasteiger charge is -2.23. The maximum Gasteiger partial charge on any atom is 0.250 e. The molecule has 0 radical (unpaired) electrons. The number of pyridine rings is 3. The van der Waals surface area contributed by atoms with Gasteiger partial charge in [-0.15, -0.1) is 33.3 Å². The minimum Gasteiger partial charge on any atom is -0.421 e. The first-order chi connectivity index (χ1) is 22.0. The molecule has 2 aliphatic heterocycles. The van der Waals surface area contributed by atoms with Gasteiger partial charge in [0, 0.05) is 66.1 Å². The van der Waals surface area contributed by atoms with E-state index < -0.39 is 0 Å². The first-order valence-electron chi connectivity index (χ1n) is 15.5. The van der Waals surface area contributed by atoms with Gasteiger partial charge >= 0.3 is 0 Å². The maximum absolute atomic E-state index is 9.09. The van der Waals surface area contributed by atoms with Crippen molar-refractivity contribution in [2.45, 2.75) is 63.8 Å². The Hall–Kier alpha value is -3.85. The van der Waals surface area contributed by atoms with Crippen LogP contribution in [0.3, 0.4) is 0 Å². The number of fused-ring (bicyclic) bond motifs is 2. The Labute approximate surface area is 270 Å². The Kier molecular flexibility index (Phi) is 8.53. The molecule has 11 heteroatoms. The number of ether oxygens (including phenoxy) is 1. The van der Waals surface area contributed by atoms with E-state index in [1.54, 1.807) is 23.6 Å². The van der Waals surface area contributed by atoms with Gasteiger partial charge in [-0.3, -0.25) is 4.98 Å². The van der Waals surface area contributed by atoms with Gasteiger partial charge in [0.05, 0.1) is 21.7 Å². The van der Waals surface area contributed by atoms with Crippen molar-refractivity contribution in [1.29, 1.82) is 5.26 Å².